The average molecular weight is 275 g/mol. The maximum atomic E-state index is 12.9. The number of hydrogen-bond donors (Lipinski definition) is 1. The fourth-order valence-electron chi connectivity index (χ4n) is 2.22. The van der Waals surface area contributed by atoms with Crippen molar-refractivity contribution < 1.29 is 9.18 Å². The molecule has 2 heterocycles. The normalized spacial score (nSPS) is 19.4. The summed E-state index contributed by atoms with van der Waals surface area (Å²) in [4.78, 5) is 13.3. The smallest absolute Gasteiger partial charge is 0.246 e. The van der Waals surface area contributed by atoms with Crippen LogP contribution in [-0.2, 0) is 4.79 Å². The molecule has 1 atom stereocenters. The van der Waals surface area contributed by atoms with Crippen LogP contribution >= 0.6 is 0 Å². The number of hydrogen-bond acceptors (Lipinski definition) is 4. The fraction of sp³-hybridized carbons (Fsp3) is 0.385. The first kappa shape index (κ1) is 12.7. The maximum Gasteiger partial charge on any atom is 0.246 e. The zero-order chi connectivity index (χ0) is 13.9. The Labute approximate surface area is 115 Å². The lowest BCUT2D eigenvalue weighted by Gasteiger charge is -2.10. The third kappa shape index (κ3) is 2.52. The third-order valence-corrected chi connectivity index (χ3v) is 3.32. The van der Waals surface area contributed by atoms with Gasteiger partial charge in [-0.3, -0.25) is 4.79 Å². The number of carbonyl (C=O) groups excluding carboxylic acids is 1. The van der Waals surface area contributed by atoms with Gasteiger partial charge >= 0.3 is 0 Å². The highest BCUT2D eigenvalue weighted by atomic mass is 19.1. The van der Waals surface area contributed by atoms with Gasteiger partial charge in [-0.15, -0.1) is 10.2 Å². The number of nitrogens with zero attached hydrogens (tertiary/aromatic N) is 4. The van der Waals surface area contributed by atoms with E-state index in [0.29, 0.717) is 24.4 Å². The molecule has 0 bridgehead atoms. The SMILES string of the molecule is O=C1NCCCCC1n1nnc(-c2ccc(F)cc2)n1. The Bertz CT molecular complexity index is 609. The van der Waals surface area contributed by atoms with Crippen molar-refractivity contribution in [1.29, 1.82) is 0 Å². The lowest BCUT2D eigenvalue weighted by Crippen LogP contribution is -2.32. The standard InChI is InChI=1S/C13H14FN5O/c14-10-6-4-9(5-7-10)12-16-18-19(17-12)11-3-1-2-8-15-13(11)20/h4-7,11H,1-3,8H2,(H,15,20). The molecule has 1 saturated heterocycles. The first-order valence-electron chi connectivity index (χ1n) is 6.57. The number of halogens is 1. The summed E-state index contributed by atoms with van der Waals surface area (Å²) in [5.41, 5.74) is 0.673. The Kier molecular flexibility index (Phi) is 3.41. The molecular weight excluding hydrogens is 261 g/mol. The van der Waals surface area contributed by atoms with E-state index in [0.717, 1.165) is 12.8 Å². The number of aromatic nitrogens is 4. The monoisotopic (exact) mass is 275 g/mol. The second-order valence-electron chi connectivity index (χ2n) is 4.74. The highest BCUT2D eigenvalue weighted by Gasteiger charge is 2.25. The van der Waals surface area contributed by atoms with E-state index in [1.165, 1.54) is 16.9 Å². The van der Waals surface area contributed by atoms with Gasteiger partial charge in [-0.25, -0.2) is 4.39 Å². The van der Waals surface area contributed by atoms with Crippen LogP contribution in [0.25, 0.3) is 11.4 Å². The molecule has 1 aromatic carbocycles. The molecule has 0 radical (unpaired) electrons. The van der Waals surface area contributed by atoms with Crippen molar-refractivity contribution in [3.05, 3.63) is 30.1 Å². The Morgan fingerprint density at radius 2 is 2.05 bits per heavy atom. The van der Waals surface area contributed by atoms with Crippen molar-refractivity contribution in [1.82, 2.24) is 25.5 Å². The fourth-order valence-corrected chi connectivity index (χ4v) is 2.22. The van der Waals surface area contributed by atoms with E-state index >= 15 is 0 Å². The predicted molar refractivity (Wildman–Crippen MR) is 69.1 cm³/mol. The molecule has 1 amide bonds. The maximum absolute atomic E-state index is 12.9. The number of carbonyl (C=O) groups is 1. The zero-order valence-corrected chi connectivity index (χ0v) is 10.8. The molecule has 2 aromatic rings. The highest BCUT2D eigenvalue weighted by Crippen LogP contribution is 2.19. The first-order chi connectivity index (χ1) is 9.74. The van der Waals surface area contributed by atoms with Gasteiger partial charge in [0.1, 0.15) is 5.82 Å². The average Bonchev–Trinajstić information content (AvgIpc) is 2.83. The number of tetrazole rings is 1. The van der Waals surface area contributed by atoms with Gasteiger partial charge in [0.15, 0.2) is 6.04 Å². The molecule has 7 heteroatoms. The summed E-state index contributed by atoms with van der Waals surface area (Å²) in [6.45, 7) is 0.689. The van der Waals surface area contributed by atoms with E-state index < -0.39 is 6.04 Å². The van der Waals surface area contributed by atoms with Crippen LogP contribution in [0, 0.1) is 5.82 Å². The molecule has 1 fully saturated rings. The van der Waals surface area contributed by atoms with Crippen molar-refractivity contribution in [2.24, 2.45) is 0 Å². The molecule has 0 aliphatic carbocycles. The Balaban J connectivity index is 1.85. The molecular formula is C13H14FN5O. The van der Waals surface area contributed by atoms with Gasteiger partial charge in [0.2, 0.25) is 11.7 Å². The Morgan fingerprint density at radius 3 is 2.85 bits per heavy atom. The van der Waals surface area contributed by atoms with Crippen LogP contribution in [0.4, 0.5) is 4.39 Å². The third-order valence-electron chi connectivity index (χ3n) is 3.32. The van der Waals surface area contributed by atoms with Gasteiger partial charge in [-0.1, -0.05) is 0 Å². The molecule has 1 N–H and O–H groups in total. The number of amides is 1. The second kappa shape index (κ2) is 5.36. The minimum Gasteiger partial charge on any atom is -0.354 e. The van der Waals surface area contributed by atoms with Crippen molar-refractivity contribution in [3.8, 4) is 11.4 Å². The quantitative estimate of drug-likeness (QED) is 0.897. The summed E-state index contributed by atoms with van der Waals surface area (Å²) in [6, 6.07) is 5.44. The Morgan fingerprint density at radius 1 is 1.25 bits per heavy atom. The van der Waals surface area contributed by atoms with E-state index in [-0.39, 0.29) is 11.7 Å². The van der Waals surface area contributed by atoms with Gasteiger partial charge in [-0.2, -0.15) is 4.80 Å². The molecule has 1 aliphatic rings. The lowest BCUT2D eigenvalue weighted by atomic mass is 10.1. The van der Waals surface area contributed by atoms with E-state index in [9.17, 15) is 9.18 Å². The Hall–Kier alpha value is -2.31. The van der Waals surface area contributed by atoms with Crippen molar-refractivity contribution >= 4 is 5.91 Å². The van der Waals surface area contributed by atoms with Gasteiger partial charge in [0.25, 0.3) is 0 Å². The topological polar surface area (TPSA) is 72.7 Å². The van der Waals surface area contributed by atoms with E-state index in [4.69, 9.17) is 0 Å². The van der Waals surface area contributed by atoms with Crippen molar-refractivity contribution in [2.45, 2.75) is 25.3 Å². The van der Waals surface area contributed by atoms with Crippen molar-refractivity contribution in [2.75, 3.05) is 6.54 Å². The van der Waals surface area contributed by atoms with Crippen LogP contribution in [0.3, 0.4) is 0 Å². The van der Waals surface area contributed by atoms with E-state index in [1.54, 1.807) is 12.1 Å². The van der Waals surface area contributed by atoms with Crippen LogP contribution in [0.1, 0.15) is 25.3 Å². The van der Waals surface area contributed by atoms with Crippen LogP contribution in [-0.4, -0.2) is 32.7 Å². The minimum atomic E-state index is -0.417. The largest absolute Gasteiger partial charge is 0.354 e. The van der Waals surface area contributed by atoms with E-state index in [2.05, 4.69) is 20.7 Å². The van der Waals surface area contributed by atoms with Crippen LogP contribution in [0.2, 0.25) is 0 Å². The summed E-state index contributed by atoms with van der Waals surface area (Å²) in [5, 5.41) is 15.0. The molecule has 1 aromatic heterocycles. The van der Waals surface area contributed by atoms with Crippen molar-refractivity contribution in [3.63, 3.8) is 0 Å². The minimum absolute atomic E-state index is 0.0782. The molecule has 1 unspecified atom stereocenters. The van der Waals surface area contributed by atoms with Crippen LogP contribution in [0.5, 0.6) is 0 Å². The van der Waals surface area contributed by atoms with Gasteiger partial charge in [-0.05, 0) is 48.7 Å². The molecule has 1 aliphatic heterocycles. The van der Waals surface area contributed by atoms with Gasteiger partial charge in [0.05, 0.1) is 0 Å². The van der Waals surface area contributed by atoms with Crippen LogP contribution < -0.4 is 5.32 Å². The molecule has 0 saturated carbocycles. The number of benzene rings is 1. The highest BCUT2D eigenvalue weighted by molar-refractivity contribution is 5.80. The number of rotatable bonds is 2. The summed E-state index contributed by atoms with van der Waals surface area (Å²) in [6.07, 6.45) is 2.60. The predicted octanol–water partition coefficient (Wildman–Crippen LogP) is 1.32. The molecule has 20 heavy (non-hydrogen) atoms. The summed E-state index contributed by atoms with van der Waals surface area (Å²) < 4.78 is 12.9. The summed E-state index contributed by atoms with van der Waals surface area (Å²) >= 11 is 0. The molecule has 104 valence electrons. The molecule has 0 spiro atoms. The van der Waals surface area contributed by atoms with E-state index in [1.807, 2.05) is 0 Å². The first-order valence-corrected chi connectivity index (χ1v) is 6.57. The van der Waals surface area contributed by atoms with Gasteiger partial charge < -0.3 is 5.32 Å². The van der Waals surface area contributed by atoms with Crippen LogP contribution in [0.15, 0.2) is 24.3 Å². The lowest BCUT2D eigenvalue weighted by molar-refractivity contribution is -0.124. The summed E-state index contributed by atoms with van der Waals surface area (Å²) in [5.74, 6) is -0.00288. The van der Waals surface area contributed by atoms with Gasteiger partial charge in [0, 0.05) is 12.1 Å². The number of nitrogens with one attached hydrogen (secondary N) is 1. The second-order valence-corrected chi connectivity index (χ2v) is 4.74. The summed E-state index contributed by atoms with van der Waals surface area (Å²) in [7, 11) is 0. The zero-order valence-electron chi connectivity index (χ0n) is 10.8. The molecule has 3 rings (SSSR count). The molecule has 6 nitrogen and oxygen atoms in total.